The van der Waals surface area contributed by atoms with Crippen LogP contribution in [0.5, 0.6) is 0 Å². The van der Waals surface area contributed by atoms with Crippen molar-refractivity contribution in [3.8, 4) is 0 Å². The average Bonchev–Trinajstić information content (AvgIpc) is 2.74. The summed E-state index contributed by atoms with van der Waals surface area (Å²) in [5.41, 5.74) is 2.85. The van der Waals surface area contributed by atoms with Crippen molar-refractivity contribution < 1.29 is 9.21 Å². The summed E-state index contributed by atoms with van der Waals surface area (Å²) in [4.78, 5) is 14.5. The molecule has 19 heavy (non-hydrogen) atoms. The number of benzene rings is 1. The Bertz CT molecular complexity index is 606. The highest BCUT2D eigenvalue weighted by molar-refractivity contribution is 9.10. The number of carbonyl (C=O) groups excluding carboxylic acids is 1. The van der Waals surface area contributed by atoms with Gasteiger partial charge in [0.1, 0.15) is 0 Å². The SMILES string of the molecule is O=C(c1ccoc1Br)N1CCCCc2ccccc21. The lowest BCUT2D eigenvalue weighted by Crippen LogP contribution is -2.31. The first-order chi connectivity index (χ1) is 9.27. The number of furan rings is 1. The number of nitrogens with zero attached hydrogens (tertiary/aromatic N) is 1. The van der Waals surface area contributed by atoms with Gasteiger partial charge in [-0.15, -0.1) is 0 Å². The van der Waals surface area contributed by atoms with E-state index >= 15 is 0 Å². The number of amides is 1. The molecule has 0 fully saturated rings. The second kappa shape index (κ2) is 5.21. The van der Waals surface area contributed by atoms with Gasteiger partial charge in [0.2, 0.25) is 0 Å². The van der Waals surface area contributed by atoms with E-state index in [0.29, 0.717) is 10.2 Å². The van der Waals surface area contributed by atoms with E-state index in [1.54, 1.807) is 6.07 Å². The van der Waals surface area contributed by atoms with Crippen molar-refractivity contribution in [1.29, 1.82) is 0 Å². The molecule has 0 bridgehead atoms. The first-order valence-electron chi connectivity index (χ1n) is 6.40. The van der Waals surface area contributed by atoms with E-state index in [2.05, 4.69) is 22.0 Å². The number of carbonyl (C=O) groups is 1. The lowest BCUT2D eigenvalue weighted by molar-refractivity contribution is 0.0985. The number of hydrogen-bond donors (Lipinski definition) is 0. The minimum Gasteiger partial charge on any atom is -0.457 e. The van der Waals surface area contributed by atoms with Gasteiger partial charge in [0, 0.05) is 12.2 Å². The molecule has 0 aliphatic carbocycles. The van der Waals surface area contributed by atoms with Gasteiger partial charge in [-0.1, -0.05) is 18.2 Å². The zero-order valence-corrected chi connectivity index (χ0v) is 12.0. The van der Waals surface area contributed by atoms with Crippen LogP contribution in [0.1, 0.15) is 28.8 Å². The van der Waals surface area contributed by atoms with Gasteiger partial charge in [0.05, 0.1) is 11.8 Å². The number of anilines is 1. The lowest BCUT2D eigenvalue weighted by atomic mass is 10.1. The maximum atomic E-state index is 12.6. The van der Waals surface area contributed by atoms with Gasteiger partial charge in [-0.2, -0.15) is 0 Å². The molecule has 3 rings (SSSR count). The van der Waals surface area contributed by atoms with Crippen LogP contribution in [0.3, 0.4) is 0 Å². The normalized spacial score (nSPS) is 14.9. The second-order valence-electron chi connectivity index (χ2n) is 4.65. The quantitative estimate of drug-likeness (QED) is 0.795. The number of hydrogen-bond acceptors (Lipinski definition) is 2. The van der Waals surface area contributed by atoms with Crippen LogP contribution in [0.4, 0.5) is 5.69 Å². The largest absolute Gasteiger partial charge is 0.457 e. The Morgan fingerprint density at radius 3 is 2.84 bits per heavy atom. The Morgan fingerprint density at radius 2 is 2.05 bits per heavy atom. The van der Waals surface area contributed by atoms with Gasteiger partial charge in [-0.3, -0.25) is 4.79 Å². The third-order valence-corrected chi connectivity index (χ3v) is 4.07. The predicted octanol–water partition coefficient (Wildman–Crippen LogP) is 4.03. The molecule has 0 spiro atoms. The Balaban J connectivity index is 2.01. The Morgan fingerprint density at radius 1 is 1.21 bits per heavy atom. The van der Waals surface area contributed by atoms with E-state index in [4.69, 9.17) is 4.42 Å². The Labute approximate surface area is 120 Å². The fourth-order valence-corrected chi connectivity index (χ4v) is 2.90. The standard InChI is InChI=1S/C15H14BrNO2/c16-14-12(8-10-19-14)15(18)17-9-4-3-6-11-5-1-2-7-13(11)17/h1-2,5,7-8,10H,3-4,6,9H2. The van der Waals surface area contributed by atoms with Crippen LogP contribution in [-0.4, -0.2) is 12.5 Å². The number of para-hydroxylation sites is 1. The highest BCUT2D eigenvalue weighted by atomic mass is 79.9. The maximum absolute atomic E-state index is 12.6. The molecule has 1 aliphatic heterocycles. The van der Waals surface area contributed by atoms with Crippen LogP contribution in [0.25, 0.3) is 0 Å². The molecule has 0 saturated carbocycles. The zero-order valence-electron chi connectivity index (χ0n) is 10.4. The fourth-order valence-electron chi connectivity index (χ4n) is 2.49. The van der Waals surface area contributed by atoms with Crippen molar-refractivity contribution >= 4 is 27.5 Å². The van der Waals surface area contributed by atoms with Gasteiger partial charge in [-0.05, 0) is 52.9 Å². The van der Waals surface area contributed by atoms with Gasteiger partial charge >= 0.3 is 0 Å². The highest BCUT2D eigenvalue weighted by Crippen LogP contribution is 2.29. The van der Waals surface area contributed by atoms with E-state index in [1.165, 1.54) is 11.8 Å². The second-order valence-corrected chi connectivity index (χ2v) is 5.37. The van der Waals surface area contributed by atoms with E-state index in [1.807, 2.05) is 23.1 Å². The molecule has 1 aliphatic rings. The number of rotatable bonds is 1. The van der Waals surface area contributed by atoms with Crippen LogP contribution >= 0.6 is 15.9 Å². The third-order valence-electron chi connectivity index (χ3n) is 3.45. The smallest absolute Gasteiger partial charge is 0.262 e. The van der Waals surface area contributed by atoms with Gasteiger partial charge in [0.15, 0.2) is 4.67 Å². The van der Waals surface area contributed by atoms with Crippen LogP contribution in [-0.2, 0) is 6.42 Å². The molecule has 2 aromatic rings. The Hall–Kier alpha value is -1.55. The monoisotopic (exact) mass is 319 g/mol. The highest BCUT2D eigenvalue weighted by Gasteiger charge is 2.24. The van der Waals surface area contributed by atoms with Crippen molar-refractivity contribution in [3.05, 3.63) is 52.4 Å². The van der Waals surface area contributed by atoms with E-state index in [0.717, 1.165) is 31.5 Å². The molecule has 2 heterocycles. The summed E-state index contributed by atoms with van der Waals surface area (Å²) >= 11 is 3.28. The molecule has 0 radical (unpaired) electrons. The average molecular weight is 320 g/mol. The summed E-state index contributed by atoms with van der Waals surface area (Å²) in [5, 5.41) is 0. The van der Waals surface area contributed by atoms with E-state index < -0.39 is 0 Å². The number of halogens is 1. The molecule has 1 aromatic heterocycles. The summed E-state index contributed by atoms with van der Waals surface area (Å²) in [7, 11) is 0. The molecule has 98 valence electrons. The molecule has 1 amide bonds. The number of aryl methyl sites for hydroxylation is 1. The maximum Gasteiger partial charge on any atom is 0.262 e. The summed E-state index contributed by atoms with van der Waals surface area (Å²) in [6, 6.07) is 9.84. The number of fused-ring (bicyclic) bond motifs is 1. The fraction of sp³-hybridized carbons (Fsp3) is 0.267. The Kier molecular flexibility index (Phi) is 3.42. The van der Waals surface area contributed by atoms with Crippen molar-refractivity contribution in [1.82, 2.24) is 0 Å². The first-order valence-corrected chi connectivity index (χ1v) is 7.19. The molecular weight excluding hydrogens is 306 g/mol. The topological polar surface area (TPSA) is 33.5 Å². The van der Waals surface area contributed by atoms with Crippen molar-refractivity contribution in [2.75, 3.05) is 11.4 Å². The van der Waals surface area contributed by atoms with Crippen LogP contribution in [0, 0.1) is 0 Å². The minimum absolute atomic E-state index is 0.00465. The summed E-state index contributed by atoms with van der Waals surface area (Å²) in [6.45, 7) is 0.757. The molecule has 3 nitrogen and oxygen atoms in total. The molecule has 0 unspecified atom stereocenters. The van der Waals surface area contributed by atoms with E-state index in [-0.39, 0.29) is 5.91 Å². The predicted molar refractivity (Wildman–Crippen MR) is 77.5 cm³/mol. The molecule has 0 N–H and O–H groups in total. The minimum atomic E-state index is -0.00465. The van der Waals surface area contributed by atoms with Gasteiger partial charge in [0.25, 0.3) is 5.91 Å². The molecule has 4 heteroatoms. The van der Waals surface area contributed by atoms with Crippen molar-refractivity contribution in [3.63, 3.8) is 0 Å². The van der Waals surface area contributed by atoms with Crippen molar-refractivity contribution in [2.24, 2.45) is 0 Å². The lowest BCUT2D eigenvalue weighted by Gasteiger charge is -2.22. The van der Waals surface area contributed by atoms with Crippen LogP contribution in [0.15, 0.2) is 45.7 Å². The van der Waals surface area contributed by atoms with Crippen molar-refractivity contribution in [2.45, 2.75) is 19.3 Å². The molecule has 1 aromatic carbocycles. The molecule has 0 saturated heterocycles. The summed E-state index contributed by atoms with van der Waals surface area (Å²) in [5.74, 6) is -0.00465. The van der Waals surface area contributed by atoms with Crippen LogP contribution in [0.2, 0.25) is 0 Å². The van der Waals surface area contributed by atoms with Gasteiger partial charge in [-0.25, -0.2) is 0 Å². The zero-order chi connectivity index (χ0) is 13.2. The van der Waals surface area contributed by atoms with Gasteiger partial charge < -0.3 is 9.32 Å². The third kappa shape index (κ3) is 2.32. The summed E-state index contributed by atoms with van der Waals surface area (Å²) < 4.78 is 5.66. The van der Waals surface area contributed by atoms with Crippen LogP contribution < -0.4 is 4.90 Å². The molecular formula is C15H14BrNO2. The first kappa shape index (κ1) is 12.5. The van der Waals surface area contributed by atoms with E-state index in [9.17, 15) is 4.79 Å². The summed E-state index contributed by atoms with van der Waals surface area (Å²) in [6.07, 6.45) is 4.71. The molecule has 0 atom stereocenters.